The summed E-state index contributed by atoms with van der Waals surface area (Å²) in [6.07, 6.45) is 12.0. The van der Waals surface area contributed by atoms with Crippen molar-refractivity contribution < 1.29 is 14.3 Å². The highest BCUT2D eigenvalue weighted by molar-refractivity contribution is 6.08. The predicted molar refractivity (Wildman–Crippen MR) is 108 cm³/mol. The van der Waals surface area contributed by atoms with Crippen LogP contribution < -0.4 is 0 Å². The molecule has 1 aromatic rings. The topological polar surface area (TPSA) is 76.8 Å². The van der Waals surface area contributed by atoms with Crippen LogP contribution in [-0.4, -0.2) is 52.5 Å². The van der Waals surface area contributed by atoms with Gasteiger partial charge < -0.3 is 9.64 Å². The van der Waals surface area contributed by atoms with Crippen LogP contribution in [0.3, 0.4) is 0 Å². The SMILES string of the molecule is CC(=O)N1CCc2c(c(C3C=CC=C4C(=O)N=CC=C43)nn2C2CCOCC2)C1. The van der Waals surface area contributed by atoms with Crippen LogP contribution in [0.4, 0.5) is 0 Å². The van der Waals surface area contributed by atoms with E-state index in [2.05, 4.69) is 15.8 Å². The maximum Gasteiger partial charge on any atom is 0.277 e. The van der Waals surface area contributed by atoms with Gasteiger partial charge in [0.1, 0.15) is 0 Å². The van der Waals surface area contributed by atoms with E-state index < -0.39 is 0 Å². The van der Waals surface area contributed by atoms with E-state index in [1.54, 1.807) is 13.1 Å². The lowest BCUT2D eigenvalue weighted by Gasteiger charge is -2.30. The van der Waals surface area contributed by atoms with Gasteiger partial charge in [0.05, 0.1) is 11.7 Å². The van der Waals surface area contributed by atoms with Crippen molar-refractivity contribution in [3.8, 4) is 0 Å². The van der Waals surface area contributed by atoms with Gasteiger partial charge in [-0.3, -0.25) is 14.3 Å². The second kappa shape index (κ2) is 7.22. The Morgan fingerprint density at radius 2 is 2.07 bits per heavy atom. The van der Waals surface area contributed by atoms with Crippen LogP contribution in [0.1, 0.15) is 48.7 Å². The molecule has 0 spiro atoms. The molecular weight excluding hydrogens is 368 g/mol. The Hall–Kier alpha value is -2.80. The molecule has 0 bridgehead atoms. The average molecular weight is 392 g/mol. The number of fused-ring (bicyclic) bond motifs is 2. The Morgan fingerprint density at radius 1 is 1.24 bits per heavy atom. The molecule has 0 radical (unpaired) electrons. The number of ether oxygens (including phenoxy) is 1. The van der Waals surface area contributed by atoms with E-state index in [1.807, 2.05) is 23.1 Å². The van der Waals surface area contributed by atoms with Gasteiger partial charge in [-0.2, -0.15) is 5.10 Å². The minimum absolute atomic E-state index is 0.0828. The fourth-order valence-electron chi connectivity index (χ4n) is 4.73. The minimum Gasteiger partial charge on any atom is -0.381 e. The van der Waals surface area contributed by atoms with Crippen molar-refractivity contribution in [2.75, 3.05) is 19.8 Å². The van der Waals surface area contributed by atoms with E-state index in [1.165, 1.54) is 5.69 Å². The van der Waals surface area contributed by atoms with Crippen LogP contribution in [0.25, 0.3) is 0 Å². The summed E-state index contributed by atoms with van der Waals surface area (Å²) < 4.78 is 7.74. The molecule has 4 heterocycles. The number of hydrogen-bond acceptors (Lipinski definition) is 4. The minimum atomic E-state index is -0.208. The predicted octanol–water partition coefficient (Wildman–Crippen LogP) is 2.26. The van der Waals surface area contributed by atoms with Crippen molar-refractivity contribution >= 4 is 18.0 Å². The monoisotopic (exact) mass is 392 g/mol. The highest BCUT2D eigenvalue weighted by Gasteiger charge is 2.35. The number of carbonyl (C=O) groups excluding carboxylic acids is 2. The highest BCUT2D eigenvalue weighted by Crippen LogP contribution is 2.40. The molecule has 1 unspecified atom stereocenters. The zero-order chi connectivity index (χ0) is 20.0. The highest BCUT2D eigenvalue weighted by atomic mass is 16.5. The molecule has 1 aromatic heterocycles. The van der Waals surface area contributed by atoms with E-state index in [0.717, 1.165) is 55.9 Å². The first-order chi connectivity index (χ1) is 14.1. The molecule has 4 aliphatic rings. The summed E-state index contributed by atoms with van der Waals surface area (Å²) in [5.74, 6) is -0.230. The number of carbonyl (C=O) groups is 2. The molecule has 0 saturated carbocycles. The van der Waals surface area contributed by atoms with Gasteiger partial charge in [-0.25, -0.2) is 4.99 Å². The molecule has 7 heteroatoms. The zero-order valence-electron chi connectivity index (χ0n) is 16.5. The molecule has 1 saturated heterocycles. The second-order valence-corrected chi connectivity index (χ2v) is 7.94. The Morgan fingerprint density at radius 3 is 2.86 bits per heavy atom. The van der Waals surface area contributed by atoms with E-state index in [4.69, 9.17) is 9.84 Å². The number of allylic oxidation sites excluding steroid dienone is 4. The van der Waals surface area contributed by atoms with E-state index in [-0.39, 0.29) is 17.7 Å². The van der Waals surface area contributed by atoms with E-state index in [9.17, 15) is 9.59 Å². The van der Waals surface area contributed by atoms with Gasteiger partial charge in [-0.1, -0.05) is 12.2 Å². The summed E-state index contributed by atoms with van der Waals surface area (Å²) in [6.45, 7) is 4.41. The van der Waals surface area contributed by atoms with Crippen LogP contribution >= 0.6 is 0 Å². The smallest absolute Gasteiger partial charge is 0.277 e. The molecule has 5 rings (SSSR count). The van der Waals surface area contributed by atoms with Crippen molar-refractivity contribution in [3.05, 3.63) is 52.4 Å². The van der Waals surface area contributed by atoms with Crippen molar-refractivity contribution in [1.82, 2.24) is 14.7 Å². The Kier molecular flexibility index (Phi) is 4.54. The first kappa shape index (κ1) is 18.2. The van der Waals surface area contributed by atoms with Crippen LogP contribution in [0.15, 0.2) is 40.4 Å². The summed E-state index contributed by atoms with van der Waals surface area (Å²) in [6, 6.07) is 0.321. The lowest BCUT2D eigenvalue weighted by atomic mass is 9.82. The molecule has 1 fully saturated rings. The molecular formula is C22H24N4O3. The van der Waals surface area contributed by atoms with Crippen molar-refractivity contribution in [2.24, 2.45) is 4.99 Å². The summed E-state index contributed by atoms with van der Waals surface area (Å²) in [5.41, 5.74) is 4.88. The first-order valence-electron chi connectivity index (χ1n) is 10.2. The van der Waals surface area contributed by atoms with Gasteiger partial charge in [0.15, 0.2) is 0 Å². The van der Waals surface area contributed by atoms with Crippen molar-refractivity contribution in [2.45, 2.75) is 44.7 Å². The number of rotatable bonds is 2. The van der Waals surface area contributed by atoms with Crippen LogP contribution in [-0.2, 0) is 27.3 Å². The number of aromatic nitrogens is 2. The largest absolute Gasteiger partial charge is 0.381 e. The average Bonchev–Trinajstić information content (AvgIpc) is 3.13. The molecule has 7 nitrogen and oxygen atoms in total. The van der Waals surface area contributed by atoms with Gasteiger partial charge in [-0.15, -0.1) is 0 Å². The van der Waals surface area contributed by atoms with E-state index in [0.29, 0.717) is 18.2 Å². The third-order valence-electron chi connectivity index (χ3n) is 6.28. The molecule has 1 atom stereocenters. The first-order valence-corrected chi connectivity index (χ1v) is 10.2. The van der Waals surface area contributed by atoms with Crippen molar-refractivity contribution in [3.63, 3.8) is 0 Å². The molecule has 0 aromatic carbocycles. The van der Waals surface area contributed by atoms with Crippen LogP contribution in [0.2, 0.25) is 0 Å². The van der Waals surface area contributed by atoms with Gasteiger partial charge in [-0.05, 0) is 30.6 Å². The third-order valence-corrected chi connectivity index (χ3v) is 6.28. The molecule has 3 aliphatic heterocycles. The van der Waals surface area contributed by atoms with Gasteiger partial charge in [0.2, 0.25) is 5.91 Å². The number of dihydropyridines is 1. The number of amides is 2. The van der Waals surface area contributed by atoms with Gasteiger partial charge >= 0.3 is 0 Å². The van der Waals surface area contributed by atoms with Gasteiger partial charge in [0.25, 0.3) is 5.91 Å². The summed E-state index contributed by atoms with van der Waals surface area (Å²) in [7, 11) is 0. The normalized spacial score (nSPS) is 24.1. The standard InChI is InChI=1S/C22H24N4O3/c1-14(27)25-10-6-20-19(13-25)21(24-26(20)15-7-11-29-12-8-15)17-3-2-4-18-16(17)5-9-23-22(18)28/h2-5,9,15,17H,6-8,10-13H2,1H3. The Bertz CT molecular complexity index is 992. The molecule has 150 valence electrons. The number of hydrogen-bond donors (Lipinski definition) is 0. The Balaban J connectivity index is 1.60. The lowest BCUT2D eigenvalue weighted by molar-refractivity contribution is -0.129. The fourth-order valence-corrected chi connectivity index (χ4v) is 4.73. The zero-order valence-corrected chi connectivity index (χ0v) is 16.5. The second-order valence-electron chi connectivity index (χ2n) is 7.94. The van der Waals surface area contributed by atoms with Gasteiger partial charge in [0, 0.05) is 68.6 Å². The summed E-state index contributed by atoms with van der Waals surface area (Å²) in [5, 5.41) is 5.10. The fraction of sp³-hybridized carbons (Fsp3) is 0.455. The molecule has 0 N–H and O–H groups in total. The number of nitrogens with zero attached hydrogens (tertiary/aromatic N) is 4. The maximum atomic E-state index is 12.3. The molecule has 1 aliphatic carbocycles. The summed E-state index contributed by atoms with van der Waals surface area (Å²) >= 11 is 0. The molecule has 2 amide bonds. The van der Waals surface area contributed by atoms with Crippen LogP contribution in [0, 0.1) is 0 Å². The van der Waals surface area contributed by atoms with E-state index >= 15 is 0 Å². The maximum absolute atomic E-state index is 12.3. The Labute approximate surface area is 169 Å². The molecule has 29 heavy (non-hydrogen) atoms. The summed E-state index contributed by atoms with van der Waals surface area (Å²) in [4.78, 5) is 30.1. The van der Waals surface area contributed by atoms with Crippen molar-refractivity contribution in [1.29, 1.82) is 0 Å². The third kappa shape index (κ3) is 3.09. The number of aliphatic imine (C=N–C) groups is 1. The lowest BCUT2D eigenvalue weighted by Crippen LogP contribution is -2.35. The quantitative estimate of drug-likeness (QED) is 0.774. The van der Waals surface area contributed by atoms with Crippen LogP contribution in [0.5, 0.6) is 0 Å².